The van der Waals surface area contributed by atoms with Gasteiger partial charge >= 0.3 is 5.97 Å². The SMILES string of the molecule is CCN(Cc1ccccc1)C(=O)COC(=O)Cn1cnc2ccccc2c1=O. The van der Waals surface area contributed by atoms with Crippen LogP contribution in [0.3, 0.4) is 0 Å². The minimum atomic E-state index is -0.664. The Bertz CT molecular complexity index is 1030. The van der Waals surface area contributed by atoms with Gasteiger partial charge in [-0.3, -0.25) is 19.0 Å². The highest BCUT2D eigenvalue weighted by molar-refractivity contribution is 5.81. The van der Waals surface area contributed by atoms with E-state index in [-0.39, 0.29) is 24.6 Å². The zero-order valence-corrected chi connectivity index (χ0v) is 15.6. The summed E-state index contributed by atoms with van der Waals surface area (Å²) in [5, 5.41) is 0.425. The lowest BCUT2D eigenvalue weighted by molar-refractivity contribution is -0.152. The van der Waals surface area contributed by atoms with Crippen molar-refractivity contribution in [2.24, 2.45) is 0 Å². The Morgan fingerprint density at radius 2 is 1.79 bits per heavy atom. The summed E-state index contributed by atoms with van der Waals surface area (Å²) >= 11 is 0. The minimum Gasteiger partial charge on any atom is -0.454 e. The van der Waals surface area contributed by atoms with Crippen molar-refractivity contribution in [3.63, 3.8) is 0 Å². The number of carbonyl (C=O) groups excluding carboxylic acids is 2. The average molecular weight is 379 g/mol. The number of amides is 1. The average Bonchev–Trinajstić information content (AvgIpc) is 2.73. The lowest BCUT2D eigenvalue weighted by Crippen LogP contribution is -2.35. The predicted octanol–water partition coefficient (Wildman–Crippen LogP) is 1.99. The Labute approximate surface area is 162 Å². The number of aromatic nitrogens is 2. The number of fused-ring (bicyclic) bond motifs is 1. The molecule has 1 amide bonds. The zero-order valence-electron chi connectivity index (χ0n) is 15.6. The van der Waals surface area contributed by atoms with Gasteiger partial charge in [0.1, 0.15) is 6.54 Å². The first-order valence-electron chi connectivity index (χ1n) is 9.00. The van der Waals surface area contributed by atoms with Gasteiger partial charge < -0.3 is 9.64 Å². The summed E-state index contributed by atoms with van der Waals surface area (Å²) in [6.07, 6.45) is 1.31. The molecule has 28 heavy (non-hydrogen) atoms. The molecule has 7 heteroatoms. The van der Waals surface area contributed by atoms with E-state index in [9.17, 15) is 14.4 Å². The fourth-order valence-corrected chi connectivity index (χ4v) is 2.82. The third-order valence-corrected chi connectivity index (χ3v) is 4.34. The highest BCUT2D eigenvalue weighted by atomic mass is 16.5. The van der Waals surface area contributed by atoms with Crippen LogP contribution in [0.4, 0.5) is 0 Å². The van der Waals surface area contributed by atoms with Crippen molar-refractivity contribution < 1.29 is 14.3 Å². The Hall–Kier alpha value is -3.48. The summed E-state index contributed by atoms with van der Waals surface area (Å²) in [6.45, 7) is 2.15. The fourth-order valence-electron chi connectivity index (χ4n) is 2.82. The molecule has 0 aliphatic heterocycles. The van der Waals surface area contributed by atoms with E-state index in [0.29, 0.717) is 24.0 Å². The molecule has 3 aromatic rings. The highest BCUT2D eigenvalue weighted by Gasteiger charge is 2.15. The molecule has 0 aliphatic carbocycles. The summed E-state index contributed by atoms with van der Waals surface area (Å²) < 4.78 is 6.25. The number of likely N-dealkylation sites (N-methyl/N-ethyl adjacent to an activating group) is 1. The van der Waals surface area contributed by atoms with Gasteiger partial charge in [0.2, 0.25) is 0 Å². The molecule has 0 aliphatic rings. The molecule has 0 saturated heterocycles. The number of carbonyl (C=O) groups is 2. The number of benzene rings is 2. The van der Waals surface area contributed by atoms with E-state index < -0.39 is 5.97 Å². The third-order valence-electron chi connectivity index (χ3n) is 4.34. The van der Waals surface area contributed by atoms with Crippen molar-refractivity contribution in [3.05, 3.63) is 76.8 Å². The smallest absolute Gasteiger partial charge is 0.326 e. The standard InChI is InChI=1S/C21H21N3O4/c1-2-23(12-16-8-4-3-5-9-16)19(25)14-28-20(26)13-24-15-22-18-11-7-6-10-17(18)21(24)27/h3-11,15H,2,12-14H2,1H3. The first-order valence-corrected chi connectivity index (χ1v) is 9.00. The Balaban J connectivity index is 1.58. The maximum absolute atomic E-state index is 12.4. The Kier molecular flexibility index (Phi) is 6.16. The van der Waals surface area contributed by atoms with E-state index in [4.69, 9.17) is 4.74 Å². The molecule has 7 nitrogen and oxygen atoms in total. The number of ether oxygens (including phenoxy) is 1. The van der Waals surface area contributed by atoms with E-state index in [2.05, 4.69) is 4.98 Å². The second-order valence-electron chi connectivity index (χ2n) is 6.25. The van der Waals surface area contributed by atoms with Crippen LogP contribution in [0.2, 0.25) is 0 Å². The van der Waals surface area contributed by atoms with Crippen molar-refractivity contribution in [2.45, 2.75) is 20.0 Å². The van der Waals surface area contributed by atoms with Gasteiger partial charge in [-0.25, -0.2) is 4.98 Å². The molecule has 2 aromatic carbocycles. The van der Waals surface area contributed by atoms with Crippen molar-refractivity contribution in [1.29, 1.82) is 0 Å². The minimum absolute atomic E-state index is 0.288. The Morgan fingerprint density at radius 3 is 2.54 bits per heavy atom. The molecule has 0 radical (unpaired) electrons. The van der Waals surface area contributed by atoms with E-state index in [1.165, 1.54) is 10.9 Å². The van der Waals surface area contributed by atoms with E-state index in [1.807, 2.05) is 37.3 Å². The van der Waals surface area contributed by atoms with Crippen LogP contribution in [-0.2, 0) is 27.4 Å². The van der Waals surface area contributed by atoms with E-state index in [1.54, 1.807) is 29.2 Å². The molecular formula is C21H21N3O4. The molecule has 3 rings (SSSR count). The van der Waals surface area contributed by atoms with Gasteiger partial charge in [-0.2, -0.15) is 0 Å². The molecule has 0 N–H and O–H groups in total. The van der Waals surface area contributed by atoms with Crippen LogP contribution in [0.5, 0.6) is 0 Å². The van der Waals surface area contributed by atoms with Crippen LogP contribution in [0, 0.1) is 0 Å². The van der Waals surface area contributed by atoms with Crippen LogP contribution in [0.1, 0.15) is 12.5 Å². The van der Waals surface area contributed by atoms with Crippen molar-refractivity contribution in [2.75, 3.05) is 13.2 Å². The summed E-state index contributed by atoms with van der Waals surface area (Å²) in [4.78, 5) is 42.6. The summed E-state index contributed by atoms with van der Waals surface area (Å²) in [5.41, 5.74) is 1.23. The van der Waals surface area contributed by atoms with Crippen LogP contribution >= 0.6 is 0 Å². The second-order valence-corrected chi connectivity index (χ2v) is 6.25. The number of rotatable bonds is 7. The van der Waals surface area contributed by atoms with E-state index >= 15 is 0 Å². The van der Waals surface area contributed by atoms with Gasteiger partial charge in [0.25, 0.3) is 11.5 Å². The molecule has 0 atom stereocenters. The monoisotopic (exact) mass is 379 g/mol. The molecule has 0 spiro atoms. The van der Waals surface area contributed by atoms with Crippen LogP contribution in [-0.4, -0.2) is 39.5 Å². The van der Waals surface area contributed by atoms with Gasteiger partial charge in [-0.05, 0) is 24.6 Å². The first kappa shape index (κ1) is 19.3. The fraction of sp³-hybridized carbons (Fsp3) is 0.238. The maximum atomic E-state index is 12.4. The topological polar surface area (TPSA) is 81.5 Å². The van der Waals surface area contributed by atoms with Crippen LogP contribution in [0.15, 0.2) is 65.7 Å². The van der Waals surface area contributed by atoms with Gasteiger partial charge in [-0.15, -0.1) is 0 Å². The number of nitrogens with zero attached hydrogens (tertiary/aromatic N) is 3. The quantitative estimate of drug-likeness (QED) is 0.587. The molecule has 0 fully saturated rings. The van der Waals surface area contributed by atoms with Crippen molar-refractivity contribution in [1.82, 2.24) is 14.5 Å². The molecular weight excluding hydrogens is 358 g/mol. The second kappa shape index (κ2) is 8.94. The van der Waals surface area contributed by atoms with Crippen LogP contribution < -0.4 is 5.56 Å². The number of esters is 1. The maximum Gasteiger partial charge on any atom is 0.326 e. The van der Waals surface area contributed by atoms with Crippen molar-refractivity contribution >= 4 is 22.8 Å². The zero-order chi connectivity index (χ0) is 19.9. The van der Waals surface area contributed by atoms with Crippen LogP contribution in [0.25, 0.3) is 10.9 Å². The van der Waals surface area contributed by atoms with E-state index in [0.717, 1.165) is 5.56 Å². The first-order chi connectivity index (χ1) is 13.6. The molecule has 144 valence electrons. The summed E-state index contributed by atoms with van der Waals surface area (Å²) in [5.74, 6) is -0.952. The lowest BCUT2D eigenvalue weighted by Gasteiger charge is -2.20. The highest BCUT2D eigenvalue weighted by Crippen LogP contribution is 2.06. The Morgan fingerprint density at radius 1 is 1.07 bits per heavy atom. The molecule has 0 bridgehead atoms. The molecule has 0 unspecified atom stereocenters. The van der Waals surface area contributed by atoms with Gasteiger partial charge in [0, 0.05) is 13.1 Å². The number of para-hydroxylation sites is 1. The van der Waals surface area contributed by atoms with Gasteiger partial charge in [0.05, 0.1) is 17.2 Å². The lowest BCUT2D eigenvalue weighted by atomic mass is 10.2. The largest absolute Gasteiger partial charge is 0.454 e. The number of hydrogen-bond acceptors (Lipinski definition) is 5. The van der Waals surface area contributed by atoms with Gasteiger partial charge in [0.15, 0.2) is 6.61 Å². The predicted molar refractivity (Wildman–Crippen MR) is 104 cm³/mol. The van der Waals surface area contributed by atoms with Gasteiger partial charge in [-0.1, -0.05) is 42.5 Å². The molecule has 1 heterocycles. The normalized spacial score (nSPS) is 10.6. The summed E-state index contributed by atoms with van der Waals surface area (Å²) in [6, 6.07) is 16.5. The number of hydrogen-bond donors (Lipinski definition) is 0. The molecule has 0 saturated carbocycles. The van der Waals surface area contributed by atoms with Crippen molar-refractivity contribution in [3.8, 4) is 0 Å². The summed E-state index contributed by atoms with van der Waals surface area (Å²) in [7, 11) is 0. The third kappa shape index (κ3) is 4.62. The molecule has 1 aromatic heterocycles.